The number of carbonyl (C=O) groups excluding carboxylic acids is 1. The molecule has 8 heteroatoms. The molecule has 0 aromatic carbocycles. The first kappa shape index (κ1) is 22.4. The largest absolute Gasteiger partial charge is 0.480 e. The number of hydrogen-bond donors (Lipinski definition) is 4. The highest BCUT2D eigenvalue weighted by atomic mass is 16.4. The van der Waals surface area contributed by atoms with Gasteiger partial charge in [0.2, 0.25) is 5.91 Å². The summed E-state index contributed by atoms with van der Waals surface area (Å²) in [5.74, 6) is -2.33. The molecule has 1 saturated heterocycles. The van der Waals surface area contributed by atoms with Crippen LogP contribution in [0.25, 0.3) is 0 Å². The number of rotatable bonds is 13. The van der Waals surface area contributed by atoms with Crippen LogP contribution < -0.4 is 11.1 Å². The monoisotopic (exact) mass is 371 g/mol. The van der Waals surface area contributed by atoms with Crippen LogP contribution in [0.4, 0.5) is 0 Å². The summed E-state index contributed by atoms with van der Waals surface area (Å²) in [6, 6.07) is -2.33. The van der Waals surface area contributed by atoms with Crippen LogP contribution in [-0.2, 0) is 14.4 Å². The molecule has 1 aliphatic heterocycles. The SMILES string of the molecule is C[C@H](N[C@@H](CCCCCCCCN)C(=O)O)C(=O)N1CCC[C@H]1C(=O)O. The Hall–Kier alpha value is -1.67. The maximum absolute atomic E-state index is 12.5. The zero-order chi connectivity index (χ0) is 19.5. The van der Waals surface area contributed by atoms with Crippen LogP contribution in [-0.4, -0.2) is 64.2 Å². The number of hydrogen-bond acceptors (Lipinski definition) is 5. The normalized spacial score (nSPS) is 19.3. The van der Waals surface area contributed by atoms with Crippen LogP contribution in [0.5, 0.6) is 0 Å². The van der Waals surface area contributed by atoms with E-state index < -0.39 is 30.1 Å². The van der Waals surface area contributed by atoms with Gasteiger partial charge in [0.1, 0.15) is 12.1 Å². The maximum Gasteiger partial charge on any atom is 0.326 e. The number of aliphatic carboxylic acids is 2. The first-order valence-corrected chi connectivity index (χ1v) is 9.60. The third-order valence-electron chi connectivity index (χ3n) is 4.89. The van der Waals surface area contributed by atoms with Gasteiger partial charge in [0.25, 0.3) is 0 Å². The summed E-state index contributed by atoms with van der Waals surface area (Å²) < 4.78 is 0. The number of carbonyl (C=O) groups is 3. The summed E-state index contributed by atoms with van der Waals surface area (Å²) in [5, 5.41) is 21.4. The van der Waals surface area contributed by atoms with Crippen LogP contribution in [0.15, 0.2) is 0 Å². The lowest BCUT2D eigenvalue weighted by atomic mass is 10.0. The van der Waals surface area contributed by atoms with Crippen LogP contribution >= 0.6 is 0 Å². The van der Waals surface area contributed by atoms with Crippen molar-refractivity contribution in [2.24, 2.45) is 5.73 Å². The molecule has 0 unspecified atom stereocenters. The Bertz CT molecular complexity index is 472. The number of amides is 1. The molecule has 0 radical (unpaired) electrons. The molecule has 0 bridgehead atoms. The van der Waals surface area contributed by atoms with Gasteiger partial charge in [0.05, 0.1) is 6.04 Å². The van der Waals surface area contributed by atoms with Gasteiger partial charge in [-0.1, -0.05) is 32.1 Å². The molecule has 1 fully saturated rings. The smallest absolute Gasteiger partial charge is 0.326 e. The molecule has 0 spiro atoms. The van der Waals surface area contributed by atoms with E-state index in [2.05, 4.69) is 5.32 Å². The van der Waals surface area contributed by atoms with Crippen molar-refractivity contribution in [1.29, 1.82) is 0 Å². The zero-order valence-corrected chi connectivity index (χ0v) is 15.7. The standard InChI is InChI=1S/C18H33N3O5/c1-13(16(22)21-12-8-10-15(21)18(25)26)20-14(17(23)24)9-6-4-2-3-5-7-11-19/h13-15,20H,2-12,19H2,1H3,(H,23,24)(H,25,26)/t13-,14-,15-/m0/s1. The Labute approximate surface area is 155 Å². The Morgan fingerprint density at radius 2 is 1.73 bits per heavy atom. The molecule has 8 nitrogen and oxygen atoms in total. The van der Waals surface area contributed by atoms with Gasteiger partial charge in [0, 0.05) is 6.54 Å². The highest BCUT2D eigenvalue weighted by molar-refractivity contribution is 5.88. The fraction of sp³-hybridized carbons (Fsp3) is 0.833. The highest BCUT2D eigenvalue weighted by Crippen LogP contribution is 2.19. The molecule has 0 aliphatic carbocycles. The van der Waals surface area contributed by atoms with E-state index in [1.165, 1.54) is 4.90 Å². The minimum atomic E-state index is -1.01. The van der Waals surface area contributed by atoms with Crippen LogP contribution in [0, 0.1) is 0 Å². The molecule has 150 valence electrons. The lowest BCUT2D eigenvalue weighted by molar-refractivity contribution is -0.149. The van der Waals surface area contributed by atoms with Gasteiger partial charge in [-0.3, -0.25) is 14.9 Å². The van der Waals surface area contributed by atoms with E-state index in [0.717, 1.165) is 38.5 Å². The predicted molar refractivity (Wildman–Crippen MR) is 97.8 cm³/mol. The van der Waals surface area contributed by atoms with E-state index in [1.807, 2.05) is 0 Å². The van der Waals surface area contributed by atoms with Crippen LogP contribution in [0.3, 0.4) is 0 Å². The van der Waals surface area contributed by atoms with Crippen molar-refractivity contribution in [3.8, 4) is 0 Å². The summed E-state index contributed by atoms with van der Waals surface area (Å²) in [6.07, 6.45) is 7.54. The van der Waals surface area contributed by atoms with Gasteiger partial charge < -0.3 is 20.8 Å². The first-order valence-electron chi connectivity index (χ1n) is 9.60. The van der Waals surface area contributed by atoms with E-state index in [0.29, 0.717) is 32.4 Å². The van der Waals surface area contributed by atoms with Gasteiger partial charge in [-0.2, -0.15) is 0 Å². The van der Waals surface area contributed by atoms with E-state index in [4.69, 9.17) is 5.73 Å². The second-order valence-electron chi connectivity index (χ2n) is 7.01. The third kappa shape index (κ3) is 7.29. The Morgan fingerprint density at radius 3 is 2.31 bits per heavy atom. The number of nitrogens with one attached hydrogen (secondary N) is 1. The average Bonchev–Trinajstić information content (AvgIpc) is 3.08. The van der Waals surface area contributed by atoms with Crippen molar-refractivity contribution in [2.75, 3.05) is 13.1 Å². The minimum Gasteiger partial charge on any atom is -0.480 e. The van der Waals surface area contributed by atoms with Crippen molar-refractivity contribution in [1.82, 2.24) is 10.2 Å². The molecule has 0 aromatic rings. The summed E-state index contributed by atoms with van der Waals surface area (Å²) in [6.45, 7) is 2.71. The molecule has 0 saturated carbocycles. The van der Waals surface area contributed by atoms with Crippen molar-refractivity contribution in [2.45, 2.75) is 82.8 Å². The van der Waals surface area contributed by atoms with Crippen molar-refractivity contribution < 1.29 is 24.6 Å². The Kier molecular flexibility index (Phi) is 10.2. The molecule has 0 aromatic heterocycles. The summed E-state index contributed by atoms with van der Waals surface area (Å²) in [5.41, 5.74) is 5.45. The van der Waals surface area contributed by atoms with Gasteiger partial charge >= 0.3 is 11.9 Å². The maximum atomic E-state index is 12.5. The second-order valence-corrected chi connectivity index (χ2v) is 7.01. The number of likely N-dealkylation sites (tertiary alicyclic amines) is 1. The lowest BCUT2D eigenvalue weighted by Gasteiger charge is -2.27. The highest BCUT2D eigenvalue weighted by Gasteiger charge is 2.36. The third-order valence-corrected chi connectivity index (χ3v) is 4.89. The van der Waals surface area contributed by atoms with Crippen LogP contribution in [0.2, 0.25) is 0 Å². The molecular weight excluding hydrogens is 338 g/mol. The van der Waals surface area contributed by atoms with Gasteiger partial charge in [0.15, 0.2) is 0 Å². The Balaban J connectivity index is 2.41. The quantitative estimate of drug-likeness (QED) is 0.357. The number of nitrogens with two attached hydrogens (primary N) is 1. The summed E-state index contributed by atoms with van der Waals surface area (Å²) in [7, 11) is 0. The fourth-order valence-electron chi connectivity index (χ4n) is 3.39. The molecule has 5 N–H and O–H groups in total. The Morgan fingerprint density at radius 1 is 1.12 bits per heavy atom. The van der Waals surface area contributed by atoms with E-state index in [9.17, 15) is 24.6 Å². The predicted octanol–water partition coefficient (Wildman–Crippen LogP) is 1.18. The average molecular weight is 371 g/mol. The topological polar surface area (TPSA) is 133 Å². The number of carboxylic acids is 2. The number of unbranched alkanes of at least 4 members (excludes halogenated alkanes) is 5. The van der Waals surface area contributed by atoms with Gasteiger partial charge in [-0.15, -0.1) is 0 Å². The number of nitrogens with zero attached hydrogens (tertiary/aromatic N) is 1. The van der Waals surface area contributed by atoms with Crippen molar-refractivity contribution in [3.05, 3.63) is 0 Å². The lowest BCUT2D eigenvalue weighted by Crippen LogP contribution is -2.53. The van der Waals surface area contributed by atoms with Crippen molar-refractivity contribution in [3.63, 3.8) is 0 Å². The molecule has 1 rings (SSSR count). The number of carboxylic acid groups (broad SMARTS) is 2. The molecule has 3 atom stereocenters. The molecule has 1 amide bonds. The molecule has 1 aliphatic rings. The van der Waals surface area contributed by atoms with E-state index in [-0.39, 0.29) is 5.91 Å². The molecule has 1 heterocycles. The summed E-state index contributed by atoms with van der Waals surface area (Å²) in [4.78, 5) is 36.5. The molecule has 26 heavy (non-hydrogen) atoms. The summed E-state index contributed by atoms with van der Waals surface area (Å²) >= 11 is 0. The van der Waals surface area contributed by atoms with Crippen molar-refractivity contribution >= 4 is 17.8 Å². The second kappa shape index (κ2) is 11.9. The van der Waals surface area contributed by atoms with Crippen LogP contribution in [0.1, 0.15) is 64.7 Å². The first-order chi connectivity index (χ1) is 12.4. The minimum absolute atomic E-state index is 0.345. The van der Waals surface area contributed by atoms with Gasteiger partial charge in [-0.25, -0.2) is 4.79 Å². The van der Waals surface area contributed by atoms with Gasteiger partial charge in [-0.05, 0) is 39.2 Å². The van der Waals surface area contributed by atoms with E-state index >= 15 is 0 Å². The fourth-order valence-corrected chi connectivity index (χ4v) is 3.39. The van der Waals surface area contributed by atoms with E-state index in [1.54, 1.807) is 6.92 Å². The zero-order valence-electron chi connectivity index (χ0n) is 15.7. The molecular formula is C18H33N3O5.